The minimum atomic E-state index is -0.369. The number of nitrogens with one attached hydrogen (secondary N) is 1. The summed E-state index contributed by atoms with van der Waals surface area (Å²) in [5, 5.41) is 2.97. The summed E-state index contributed by atoms with van der Waals surface area (Å²) in [5.41, 5.74) is 3.08. The van der Waals surface area contributed by atoms with E-state index in [0.717, 1.165) is 16.8 Å². The molecule has 0 spiro atoms. The number of aromatic nitrogens is 1. The van der Waals surface area contributed by atoms with Crippen LogP contribution >= 0.6 is 0 Å². The standard InChI is InChI=1S/C24H30N4O4/c1-24(2)17-27(19-9-10-20-21(15-19)32-23(30)26(20)3)12-13-28(24)22(29)25-11-14-31-16-18-7-5-4-6-8-18/h4-10,15H,11-14,16-17H2,1-3H3,(H,25,29). The number of carbonyl (C=O) groups excluding carboxylic acids is 1. The molecule has 1 aliphatic heterocycles. The molecule has 1 N–H and O–H groups in total. The van der Waals surface area contributed by atoms with Gasteiger partial charge in [-0.3, -0.25) is 4.57 Å². The zero-order valence-corrected chi connectivity index (χ0v) is 18.8. The van der Waals surface area contributed by atoms with E-state index in [9.17, 15) is 9.59 Å². The van der Waals surface area contributed by atoms with E-state index in [1.807, 2.05) is 53.4 Å². The third-order valence-electron chi connectivity index (χ3n) is 5.92. The number of benzene rings is 2. The normalized spacial score (nSPS) is 15.8. The van der Waals surface area contributed by atoms with E-state index in [-0.39, 0.29) is 17.3 Å². The predicted molar refractivity (Wildman–Crippen MR) is 124 cm³/mol. The van der Waals surface area contributed by atoms with Gasteiger partial charge in [0.25, 0.3) is 0 Å². The Kier molecular flexibility index (Phi) is 6.23. The van der Waals surface area contributed by atoms with E-state index < -0.39 is 0 Å². The van der Waals surface area contributed by atoms with Crippen LogP contribution in [0.3, 0.4) is 0 Å². The number of piperazine rings is 1. The summed E-state index contributed by atoms with van der Waals surface area (Å²) in [7, 11) is 1.70. The Labute approximate surface area is 187 Å². The van der Waals surface area contributed by atoms with E-state index in [1.165, 1.54) is 4.57 Å². The molecule has 0 unspecified atom stereocenters. The molecule has 1 aromatic heterocycles. The van der Waals surface area contributed by atoms with Gasteiger partial charge in [-0.1, -0.05) is 30.3 Å². The topological polar surface area (TPSA) is 80.0 Å². The Balaban J connectivity index is 1.30. The van der Waals surface area contributed by atoms with Gasteiger partial charge in [-0.25, -0.2) is 9.59 Å². The fourth-order valence-corrected chi connectivity index (χ4v) is 4.16. The molecular weight excluding hydrogens is 408 g/mol. The minimum Gasteiger partial charge on any atom is -0.408 e. The number of hydrogen-bond acceptors (Lipinski definition) is 5. The number of anilines is 1. The van der Waals surface area contributed by atoms with Gasteiger partial charge in [-0.15, -0.1) is 0 Å². The van der Waals surface area contributed by atoms with Crippen LogP contribution in [0.4, 0.5) is 10.5 Å². The van der Waals surface area contributed by atoms with Crippen LogP contribution < -0.4 is 16.0 Å². The first kappa shape index (κ1) is 22.0. The number of rotatable bonds is 6. The first-order chi connectivity index (χ1) is 15.3. The minimum absolute atomic E-state index is 0.0810. The van der Waals surface area contributed by atoms with E-state index in [0.29, 0.717) is 45.0 Å². The fourth-order valence-electron chi connectivity index (χ4n) is 4.16. The van der Waals surface area contributed by atoms with Gasteiger partial charge >= 0.3 is 11.8 Å². The number of amides is 2. The maximum absolute atomic E-state index is 12.8. The van der Waals surface area contributed by atoms with Crippen LogP contribution in [-0.4, -0.2) is 53.8 Å². The number of aryl methyl sites for hydroxylation is 1. The molecule has 170 valence electrons. The van der Waals surface area contributed by atoms with Crippen LogP contribution in [0.25, 0.3) is 11.1 Å². The Morgan fingerprint density at radius 1 is 1.16 bits per heavy atom. The second-order valence-electron chi connectivity index (χ2n) is 8.73. The molecule has 0 atom stereocenters. The summed E-state index contributed by atoms with van der Waals surface area (Å²) in [5.74, 6) is -0.369. The van der Waals surface area contributed by atoms with Gasteiger partial charge in [-0.05, 0) is 31.5 Å². The molecule has 1 aliphatic rings. The van der Waals surface area contributed by atoms with Gasteiger partial charge in [0.05, 0.1) is 24.3 Å². The molecule has 8 heteroatoms. The lowest BCUT2D eigenvalue weighted by atomic mass is 9.98. The van der Waals surface area contributed by atoms with E-state index in [4.69, 9.17) is 9.15 Å². The van der Waals surface area contributed by atoms with Crippen molar-refractivity contribution in [3.8, 4) is 0 Å². The molecule has 0 bridgehead atoms. The van der Waals surface area contributed by atoms with Crippen LogP contribution in [0.2, 0.25) is 0 Å². The lowest BCUT2D eigenvalue weighted by molar-refractivity contribution is 0.107. The van der Waals surface area contributed by atoms with Crippen molar-refractivity contribution in [1.82, 2.24) is 14.8 Å². The smallest absolute Gasteiger partial charge is 0.408 e. The molecular formula is C24H30N4O4. The molecule has 8 nitrogen and oxygen atoms in total. The number of urea groups is 1. The van der Waals surface area contributed by atoms with Crippen LogP contribution in [0.5, 0.6) is 0 Å². The lowest BCUT2D eigenvalue weighted by Gasteiger charge is -2.47. The third kappa shape index (κ3) is 4.65. The largest absolute Gasteiger partial charge is 0.419 e. The summed E-state index contributed by atoms with van der Waals surface area (Å²) in [6, 6.07) is 15.7. The predicted octanol–water partition coefficient (Wildman–Crippen LogP) is 2.96. The number of hydrogen-bond donors (Lipinski definition) is 1. The van der Waals surface area contributed by atoms with Gasteiger partial charge in [0.1, 0.15) is 0 Å². The number of fused-ring (bicyclic) bond motifs is 1. The van der Waals surface area contributed by atoms with Gasteiger partial charge in [0, 0.05) is 45.0 Å². The zero-order valence-electron chi connectivity index (χ0n) is 18.8. The summed E-state index contributed by atoms with van der Waals surface area (Å²) in [6.45, 7) is 7.55. The number of nitrogens with zero attached hydrogens (tertiary/aromatic N) is 3. The van der Waals surface area contributed by atoms with Gasteiger partial charge in [-0.2, -0.15) is 0 Å². The molecule has 0 saturated carbocycles. The Morgan fingerprint density at radius 2 is 1.94 bits per heavy atom. The van der Waals surface area contributed by atoms with E-state index >= 15 is 0 Å². The van der Waals surface area contributed by atoms with Crippen molar-refractivity contribution < 1.29 is 13.9 Å². The average Bonchev–Trinajstić information content (AvgIpc) is 3.06. The molecule has 32 heavy (non-hydrogen) atoms. The first-order valence-corrected chi connectivity index (χ1v) is 10.9. The average molecular weight is 439 g/mol. The van der Waals surface area contributed by atoms with Gasteiger partial charge < -0.3 is 24.3 Å². The highest BCUT2D eigenvalue weighted by atomic mass is 16.5. The van der Waals surface area contributed by atoms with Crippen LogP contribution in [0.15, 0.2) is 57.7 Å². The molecule has 1 saturated heterocycles. The summed E-state index contributed by atoms with van der Waals surface area (Å²) in [4.78, 5) is 28.7. The van der Waals surface area contributed by atoms with Crippen LogP contribution in [-0.2, 0) is 18.4 Å². The maximum Gasteiger partial charge on any atom is 0.419 e. The van der Waals surface area contributed by atoms with E-state index in [2.05, 4.69) is 24.1 Å². The lowest BCUT2D eigenvalue weighted by Crippen LogP contribution is -2.63. The molecule has 1 fully saturated rings. The Morgan fingerprint density at radius 3 is 2.69 bits per heavy atom. The molecule has 2 heterocycles. The molecule has 0 aliphatic carbocycles. The Hall–Kier alpha value is -3.26. The number of ether oxygens (including phenoxy) is 1. The van der Waals surface area contributed by atoms with Crippen molar-refractivity contribution in [3.63, 3.8) is 0 Å². The van der Waals surface area contributed by atoms with Crippen molar-refractivity contribution in [2.75, 3.05) is 37.7 Å². The second-order valence-corrected chi connectivity index (χ2v) is 8.73. The van der Waals surface area contributed by atoms with Crippen LogP contribution in [0.1, 0.15) is 19.4 Å². The monoisotopic (exact) mass is 438 g/mol. The van der Waals surface area contributed by atoms with Crippen molar-refractivity contribution in [2.24, 2.45) is 7.05 Å². The quantitative estimate of drug-likeness (QED) is 0.599. The Bertz CT molecular complexity index is 1140. The highest BCUT2D eigenvalue weighted by Gasteiger charge is 2.37. The second kappa shape index (κ2) is 9.08. The van der Waals surface area contributed by atoms with Crippen molar-refractivity contribution in [3.05, 3.63) is 64.6 Å². The first-order valence-electron chi connectivity index (χ1n) is 10.9. The molecule has 4 rings (SSSR count). The molecule has 0 radical (unpaired) electrons. The third-order valence-corrected chi connectivity index (χ3v) is 5.92. The molecule has 2 aromatic carbocycles. The fraction of sp³-hybridized carbons (Fsp3) is 0.417. The summed E-state index contributed by atoms with van der Waals surface area (Å²) in [6.07, 6.45) is 0. The van der Waals surface area contributed by atoms with Gasteiger partial charge in [0.15, 0.2) is 5.58 Å². The van der Waals surface area contributed by atoms with Crippen molar-refractivity contribution in [1.29, 1.82) is 0 Å². The molecule has 3 aromatic rings. The zero-order chi connectivity index (χ0) is 22.7. The number of carbonyl (C=O) groups is 1. The van der Waals surface area contributed by atoms with Crippen LogP contribution in [0, 0.1) is 0 Å². The number of oxazole rings is 1. The molecule has 2 amide bonds. The SMILES string of the molecule is Cn1c(=O)oc2cc(N3CCN(C(=O)NCCOCc4ccccc4)C(C)(C)C3)ccc21. The van der Waals surface area contributed by atoms with Crippen molar-refractivity contribution >= 4 is 22.8 Å². The van der Waals surface area contributed by atoms with Crippen molar-refractivity contribution in [2.45, 2.75) is 26.0 Å². The maximum atomic E-state index is 12.8. The van der Waals surface area contributed by atoms with E-state index in [1.54, 1.807) is 7.05 Å². The summed E-state index contributed by atoms with van der Waals surface area (Å²) >= 11 is 0. The highest BCUT2D eigenvalue weighted by molar-refractivity contribution is 5.78. The van der Waals surface area contributed by atoms with Gasteiger partial charge in [0.2, 0.25) is 0 Å². The highest BCUT2D eigenvalue weighted by Crippen LogP contribution is 2.28. The summed E-state index contributed by atoms with van der Waals surface area (Å²) < 4.78 is 12.5.